The summed E-state index contributed by atoms with van der Waals surface area (Å²) in [5, 5.41) is 14.8. The minimum Gasteiger partial charge on any atom is -0.487 e. The van der Waals surface area contributed by atoms with Gasteiger partial charge in [-0.1, -0.05) is 34.1 Å². The summed E-state index contributed by atoms with van der Waals surface area (Å²) in [4.78, 5) is 24.4. The topological polar surface area (TPSA) is 93.9 Å². The lowest BCUT2D eigenvalue weighted by molar-refractivity contribution is -0.142. The standard InChI is InChI=1S/C22H22BrN3O5/c1-2-30-21(27)9-14-5-3-4-6-20(14)31-13-18-17-10-15(23)7-8-19(17)26(24-18)16-11-25(12-16)22(28)29/h3-8,10,16H,2,9,11-13H2,1H3,(H,28,29). The molecule has 9 heteroatoms. The van der Waals surface area contributed by atoms with Gasteiger partial charge in [-0.25, -0.2) is 4.79 Å². The molecule has 0 atom stereocenters. The minimum absolute atomic E-state index is 0.00961. The fourth-order valence-electron chi connectivity index (χ4n) is 3.63. The molecule has 1 saturated heterocycles. The highest BCUT2D eigenvalue weighted by molar-refractivity contribution is 9.10. The molecule has 0 radical (unpaired) electrons. The molecular formula is C22H22BrN3O5. The number of likely N-dealkylation sites (tertiary alicyclic amines) is 1. The average Bonchev–Trinajstić information content (AvgIpc) is 3.03. The number of carbonyl (C=O) groups excluding carboxylic acids is 1. The minimum atomic E-state index is -0.919. The van der Waals surface area contributed by atoms with E-state index in [1.807, 2.05) is 47.1 Å². The molecular weight excluding hydrogens is 466 g/mol. The van der Waals surface area contributed by atoms with Crippen molar-refractivity contribution in [1.29, 1.82) is 0 Å². The number of fused-ring (bicyclic) bond motifs is 1. The van der Waals surface area contributed by atoms with Crippen LogP contribution >= 0.6 is 15.9 Å². The Labute approximate surface area is 187 Å². The molecule has 0 saturated carbocycles. The van der Waals surface area contributed by atoms with Crippen LogP contribution in [-0.4, -0.2) is 51.5 Å². The number of benzene rings is 2. The fraction of sp³-hybridized carbons (Fsp3) is 0.318. The van der Waals surface area contributed by atoms with Gasteiger partial charge in [0.2, 0.25) is 0 Å². The maximum Gasteiger partial charge on any atom is 0.407 e. The summed E-state index contributed by atoms with van der Waals surface area (Å²) >= 11 is 3.51. The molecule has 1 N–H and O–H groups in total. The molecule has 1 amide bonds. The van der Waals surface area contributed by atoms with E-state index in [-0.39, 0.29) is 25.0 Å². The number of halogens is 1. The highest BCUT2D eigenvalue weighted by Gasteiger charge is 2.33. The van der Waals surface area contributed by atoms with E-state index in [0.29, 0.717) is 25.4 Å². The number of hydrogen-bond donors (Lipinski definition) is 1. The van der Waals surface area contributed by atoms with E-state index >= 15 is 0 Å². The zero-order chi connectivity index (χ0) is 22.0. The Morgan fingerprint density at radius 1 is 1.23 bits per heavy atom. The maximum atomic E-state index is 11.9. The normalized spacial score (nSPS) is 13.8. The summed E-state index contributed by atoms with van der Waals surface area (Å²) in [5.41, 5.74) is 2.43. The van der Waals surface area contributed by atoms with Crippen LogP contribution in [0, 0.1) is 0 Å². The highest BCUT2D eigenvalue weighted by Crippen LogP contribution is 2.30. The van der Waals surface area contributed by atoms with Crippen molar-refractivity contribution >= 4 is 38.9 Å². The van der Waals surface area contributed by atoms with Crippen LogP contribution in [0.3, 0.4) is 0 Å². The summed E-state index contributed by atoms with van der Waals surface area (Å²) in [6.45, 7) is 3.14. The number of ether oxygens (including phenoxy) is 2. The molecule has 0 unspecified atom stereocenters. The van der Waals surface area contributed by atoms with Crippen LogP contribution < -0.4 is 4.74 Å². The summed E-state index contributed by atoms with van der Waals surface area (Å²) in [5.74, 6) is 0.305. The summed E-state index contributed by atoms with van der Waals surface area (Å²) < 4.78 is 13.9. The predicted octanol–water partition coefficient (Wildman–Crippen LogP) is 4.02. The molecule has 2 aromatic carbocycles. The number of para-hydroxylation sites is 1. The zero-order valence-corrected chi connectivity index (χ0v) is 18.5. The van der Waals surface area contributed by atoms with Crippen molar-refractivity contribution in [2.75, 3.05) is 19.7 Å². The fourth-order valence-corrected chi connectivity index (χ4v) is 3.99. The van der Waals surface area contributed by atoms with Crippen molar-refractivity contribution in [3.05, 3.63) is 58.2 Å². The van der Waals surface area contributed by atoms with E-state index in [0.717, 1.165) is 26.6 Å². The van der Waals surface area contributed by atoms with Crippen molar-refractivity contribution < 1.29 is 24.2 Å². The van der Waals surface area contributed by atoms with Gasteiger partial charge in [-0.05, 0) is 31.2 Å². The molecule has 0 bridgehead atoms. The van der Waals surface area contributed by atoms with Gasteiger partial charge in [0.1, 0.15) is 18.1 Å². The third kappa shape index (κ3) is 4.51. The van der Waals surface area contributed by atoms with E-state index in [1.165, 1.54) is 4.90 Å². The summed E-state index contributed by atoms with van der Waals surface area (Å²) in [6.07, 6.45) is -0.782. The Balaban J connectivity index is 1.56. The first-order valence-corrected chi connectivity index (χ1v) is 10.8. The van der Waals surface area contributed by atoms with Crippen LogP contribution in [0.4, 0.5) is 4.79 Å². The van der Waals surface area contributed by atoms with Gasteiger partial charge >= 0.3 is 12.1 Å². The molecule has 3 aromatic rings. The van der Waals surface area contributed by atoms with E-state index in [9.17, 15) is 9.59 Å². The van der Waals surface area contributed by atoms with E-state index in [4.69, 9.17) is 19.7 Å². The number of rotatable bonds is 7. The molecule has 31 heavy (non-hydrogen) atoms. The SMILES string of the molecule is CCOC(=O)Cc1ccccc1OCc1nn(C2CN(C(=O)O)C2)c2ccc(Br)cc12. The average molecular weight is 488 g/mol. The lowest BCUT2D eigenvalue weighted by Crippen LogP contribution is -2.50. The van der Waals surface area contributed by atoms with Gasteiger partial charge in [-0.15, -0.1) is 0 Å². The molecule has 162 valence electrons. The highest BCUT2D eigenvalue weighted by atomic mass is 79.9. The molecule has 1 aliphatic rings. The second-order valence-electron chi connectivity index (χ2n) is 7.27. The smallest absolute Gasteiger partial charge is 0.407 e. The van der Waals surface area contributed by atoms with E-state index < -0.39 is 6.09 Å². The number of aromatic nitrogens is 2. The molecule has 8 nitrogen and oxygen atoms in total. The van der Waals surface area contributed by atoms with E-state index in [1.54, 1.807) is 6.92 Å². The van der Waals surface area contributed by atoms with Crippen LogP contribution in [-0.2, 0) is 22.6 Å². The first-order chi connectivity index (χ1) is 15.0. The number of esters is 1. The molecule has 0 spiro atoms. The first-order valence-electron chi connectivity index (χ1n) is 9.97. The molecule has 1 fully saturated rings. The monoisotopic (exact) mass is 487 g/mol. The quantitative estimate of drug-likeness (QED) is 0.505. The number of carbonyl (C=O) groups is 2. The Morgan fingerprint density at radius 2 is 2.00 bits per heavy atom. The van der Waals surface area contributed by atoms with Crippen molar-refractivity contribution in [2.45, 2.75) is 26.0 Å². The van der Waals surface area contributed by atoms with Crippen LogP contribution in [0.25, 0.3) is 10.9 Å². The summed E-state index contributed by atoms with van der Waals surface area (Å²) in [6, 6.07) is 13.2. The second kappa shape index (κ2) is 8.97. The van der Waals surface area contributed by atoms with Crippen molar-refractivity contribution in [2.24, 2.45) is 0 Å². The maximum absolute atomic E-state index is 11.9. The predicted molar refractivity (Wildman–Crippen MR) is 117 cm³/mol. The van der Waals surface area contributed by atoms with Crippen molar-refractivity contribution in [3.8, 4) is 5.75 Å². The number of amides is 1. The lowest BCUT2D eigenvalue weighted by atomic mass is 10.1. The van der Waals surface area contributed by atoms with Crippen LogP contribution in [0.5, 0.6) is 5.75 Å². The van der Waals surface area contributed by atoms with Crippen LogP contribution in [0.15, 0.2) is 46.9 Å². The molecule has 4 rings (SSSR count). The van der Waals surface area contributed by atoms with Crippen molar-refractivity contribution in [3.63, 3.8) is 0 Å². The molecule has 0 aliphatic carbocycles. The van der Waals surface area contributed by atoms with Crippen LogP contribution in [0.1, 0.15) is 24.2 Å². The molecule has 1 aliphatic heterocycles. The third-order valence-electron chi connectivity index (χ3n) is 5.20. The van der Waals surface area contributed by atoms with Gasteiger partial charge < -0.3 is 19.5 Å². The number of hydrogen-bond acceptors (Lipinski definition) is 5. The van der Waals surface area contributed by atoms with Gasteiger partial charge in [-0.3, -0.25) is 9.48 Å². The van der Waals surface area contributed by atoms with Crippen molar-refractivity contribution in [1.82, 2.24) is 14.7 Å². The third-order valence-corrected chi connectivity index (χ3v) is 5.69. The van der Waals surface area contributed by atoms with Gasteiger partial charge in [0.25, 0.3) is 0 Å². The lowest BCUT2D eigenvalue weighted by Gasteiger charge is -2.37. The molecule has 2 heterocycles. The Kier molecular flexibility index (Phi) is 6.13. The second-order valence-corrected chi connectivity index (χ2v) is 8.19. The zero-order valence-electron chi connectivity index (χ0n) is 17.0. The molecule has 1 aromatic heterocycles. The van der Waals surface area contributed by atoms with Crippen LogP contribution in [0.2, 0.25) is 0 Å². The van der Waals surface area contributed by atoms with Gasteiger partial charge in [0.15, 0.2) is 0 Å². The Hall–Kier alpha value is -3.07. The number of carboxylic acid groups (broad SMARTS) is 1. The largest absolute Gasteiger partial charge is 0.487 e. The van der Waals surface area contributed by atoms with Gasteiger partial charge in [0, 0.05) is 28.5 Å². The first kappa shape index (κ1) is 21.2. The Bertz CT molecular complexity index is 1120. The Morgan fingerprint density at radius 3 is 2.74 bits per heavy atom. The van der Waals surface area contributed by atoms with Gasteiger partial charge in [0.05, 0.1) is 24.6 Å². The number of nitrogens with zero attached hydrogens (tertiary/aromatic N) is 3. The van der Waals surface area contributed by atoms with E-state index in [2.05, 4.69) is 15.9 Å². The van der Waals surface area contributed by atoms with Gasteiger partial charge in [-0.2, -0.15) is 5.10 Å². The summed E-state index contributed by atoms with van der Waals surface area (Å²) in [7, 11) is 0.